The van der Waals surface area contributed by atoms with Crippen LogP contribution in [0.15, 0.2) is 84.4 Å². The van der Waals surface area contributed by atoms with E-state index in [1.807, 2.05) is 107 Å². The lowest BCUT2D eigenvalue weighted by molar-refractivity contribution is -0.125. The second-order valence-corrected chi connectivity index (χ2v) is 16.6. The number of carbonyl (C=O) groups is 4. The van der Waals surface area contributed by atoms with Gasteiger partial charge in [-0.05, 0) is 82.7 Å². The van der Waals surface area contributed by atoms with Gasteiger partial charge in [0, 0.05) is 36.2 Å². The van der Waals surface area contributed by atoms with Gasteiger partial charge in [-0.25, -0.2) is 9.78 Å². The van der Waals surface area contributed by atoms with E-state index < -0.39 is 29.5 Å². The van der Waals surface area contributed by atoms with Crippen LogP contribution in [0.4, 0.5) is 10.6 Å². The Morgan fingerprint density at radius 2 is 1.64 bits per heavy atom. The minimum atomic E-state index is -0.864. The van der Waals surface area contributed by atoms with Crippen molar-refractivity contribution >= 4 is 54.4 Å². The molecule has 2 aliphatic heterocycles. The average Bonchev–Trinajstić information content (AvgIpc) is 3.99. The van der Waals surface area contributed by atoms with Crippen LogP contribution < -0.4 is 16.0 Å². The molecule has 2 aromatic heterocycles. The molecule has 7 rings (SSSR count). The fourth-order valence-electron chi connectivity index (χ4n) is 7.75. The molecule has 0 radical (unpaired) electrons. The first kappa shape index (κ1) is 43.0. The van der Waals surface area contributed by atoms with E-state index in [0.717, 1.165) is 33.0 Å². The Morgan fingerprint density at radius 1 is 0.966 bits per heavy atom. The maximum Gasteiger partial charge on any atom is 0.319 e. The number of hydrogen-bond donors (Lipinski definition) is 5. The summed E-state index contributed by atoms with van der Waals surface area (Å²) < 4.78 is 0. The third-order valence-electron chi connectivity index (χ3n) is 11.0. The van der Waals surface area contributed by atoms with E-state index in [4.69, 9.17) is 0 Å². The molecule has 0 unspecified atom stereocenters. The second-order valence-electron chi connectivity index (χ2n) is 15.8. The highest BCUT2D eigenvalue weighted by atomic mass is 32.1. The Bertz CT molecular complexity index is 2290. The molecular weight excluding hydrogens is 787 g/mol. The van der Waals surface area contributed by atoms with Gasteiger partial charge in [0.2, 0.25) is 5.91 Å². The number of β-amino-alcohol motifs (C(OH)–C–C–N with tert-alkyl or cyclic N) is 1. The lowest BCUT2D eigenvalue weighted by Crippen LogP contribution is -2.48. The molecular formula is C43H51N9O5S2. The number of hydrogen-bond acceptors (Lipinski definition) is 9. The smallest absolute Gasteiger partial charge is 0.319 e. The second kappa shape index (κ2) is 17.7. The molecule has 5 N–H and O–H groups in total. The first-order valence-corrected chi connectivity index (χ1v) is 20.2. The van der Waals surface area contributed by atoms with Gasteiger partial charge in [0.1, 0.15) is 6.04 Å². The number of aromatic amines is 1. The summed E-state index contributed by atoms with van der Waals surface area (Å²) in [5, 5.41) is 27.1. The van der Waals surface area contributed by atoms with Crippen molar-refractivity contribution < 1.29 is 24.3 Å². The van der Waals surface area contributed by atoms with Crippen LogP contribution in [0.5, 0.6) is 0 Å². The number of H-pyrrole nitrogens is 1. The highest BCUT2D eigenvalue weighted by molar-refractivity contribution is 7.59. The number of likely N-dealkylation sites (tertiary alicyclic amines) is 1. The number of anilines is 1. The maximum atomic E-state index is 13.8. The van der Waals surface area contributed by atoms with Gasteiger partial charge in [-0.1, -0.05) is 54.6 Å². The predicted molar refractivity (Wildman–Crippen MR) is 232 cm³/mol. The van der Waals surface area contributed by atoms with Crippen molar-refractivity contribution in [3.05, 3.63) is 124 Å². The van der Waals surface area contributed by atoms with E-state index in [9.17, 15) is 24.3 Å². The van der Waals surface area contributed by atoms with Crippen LogP contribution in [0.1, 0.15) is 88.1 Å². The number of urea groups is 1. The molecule has 0 saturated carbocycles. The van der Waals surface area contributed by atoms with Crippen LogP contribution in [0, 0.1) is 6.92 Å². The lowest BCUT2D eigenvalue weighted by Gasteiger charge is -2.34. The zero-order valence-corrected chi connectivity index (χ0v) is 35.8. The molecule has 0 bridgehead atoms. The van der Waals surface area contributed by atoms with Crippen molar-refractivity contribution in [1.29, 1.82) is 0 Å². The third kappa shape index (κ3) is 9.05. The summed E-state index contributed by atoms with van der Waals surface area (Å²) in [7, 11) is 3.92. The molecule has 310 valence electrons. The Labute approximate surface area is 354 Å². The average molecular weight is 838 g/mol. The van der Waals surface area contributed by atoms with Crippen molar-refractivity contribution in [3.8, 4) is 10.4 Å². The zero-order chi connectivity index (χ0) is 41.3. The Kier molecular flexibility index (Phi) is 12.9. The quantitative estimate of drug-likeness (QED) is 0.112. The molecule has 1 fully saturated rings. The summed E-state index contributed by atoms with van der Waals surface area (Å²) in [6, 6.07) is 22.2. The molecule has 0 spiro atoms. The highest BCUT2D eigenvalue weighted by Gasteiger charge is 2.44. The van der Waals surface area contributed by atoms with E-state index in [1.54, 1.807) is 16.2 Å². The number of likely N-dealkylation sites (N-methyl/N-ethyl adjacent to an activating group) is 1. The van der Waals surface area contributed by atoms with Gasteiger partial charge >= 0.3 is 6.03 Å². The molecule has 1 saturated heterocycles. The number of amides is 5. The molecule has 16 heteroatoms. The SMILES string of the molecule is Cc1ncsc1-c1ccc([C@H](C)NC(=O)[C@@H]2C[C@@H](O)CN2C(=O)c2ccc(C(=O)Nc3n[nH]c4c3CN(C(=O)N[C@H](CN(C)C)c3ccccc3)C4(C)C)cc2)cc1.S. The molecule has 0 aliphatic carbocycles. The van der Waals surface area contributed by atoms with E-state index in [2.05, 4.69) is 31.1 Å². The van der Waals surface area contributed by atoms with Gasteiger partial charge in [0.25, 0.3) is 11.8 Å². The number of aryl methyl sites for hydroxylation is 1. The van der Waals surface area contributed by atoms with Crippen molar-refractivity contribution in [1.82, 2.24) is 40.5 Å². The van der Waals surface area contributed by atoms with E-state index in [0.29, 0.717) is 17.9 Å². The van der Waals surface area contributed by atoms with E-state index in [1.165, 1.54) is 29.2 Å². The third-order valence-corrected chi connectivity index (χ3v) is 12.0. The van der Waals surface area contributed by atoms with Crippen LogP contribution in [-0.4, -0.2) is 98.1 Å². The fourth-order valence-corrected chi connectivity index (χ4v) is 8.56. The Hall–Kier alpha value is -5.55. The monoisotopic (exact) mass is 837 g/mol. The predicted octanol–water partition coefficient (Wildman–Crippen LogP) is 5.72. The molecule has 5 amide bonds. The largest absolute Gasteiger partial charge is 0.391 e. The number of rotatable bonds is 11. The van der Waals surface area contributed by atoms with E-state index in [-0.39, 0.29) is 68.2 Å². The molecule has 2 aliphatic rings. The molecule has 14 nitrogen and oxygen atoms in total. The minimum absolute atomic E-state index is 0. The summed E-state index contributed by atoms with van der Waals surface area (Å²) >= 11 is 1.58. The standard InChI is InChI=1S/C43H49N9O5S.H2S/c1-25(27-12-14-29(15-13-27)36-26(2)44-24-58-36)45-40(55)35-20-32(53)21-51(35)41(56)31-18-16-30(17-19-31)39(54)47-38-33-22-52(43(3,4)37(33)48-49-38)42(57)46-34(23-50(5)6)28-10-8-7-9-11-28;/h7-19,24-25,32,34-35,53H,20-23H2,1-6H3,(H,45,55)(H,46,57)(H2,47,48,49,54);1H2/t25-,32+,34+,35-;/m0./s1. The van der Waals surface area contributed by atoms with Gasteiger partial charge in [0.15, 0.2) is 5.82 Å². The van der Waals surface area contributed by atoms with E-state index >= 15 is 0 Å². The summed E-state index contributed by atoms with van der Waals surface area (Å²) in [4.78, 5) is 65.1. The molecule has 5 aromatic rings. The molecule has 3 aromatic carbocycles. The van der Waals surface area contributed by atoms with Crippen LogP contribution >= 0.6 is 24.8 Å². The summed E-state index contributed by atoms with van der Waals surface area (Å²) in [5.74, 6) is -0.906. The number of thiazole rings is 1. The Balaban J connectivity index is 0.00000585. The summed E-state index contributed by atoms with van der Waals surface area (Å²) in [6.45, 7) is 8.56. The zero-order valence-electron chi connectivity index (χ0n) is 33.9. The molecule has 4 atom stereocenters. The van der Waals surface area contributed by atoms with Gasteiger partial charge < -0.3 is 35.8 Å². The number of nitrogens with one attached hydrogen (secondary N) is 4. The minimum Gasteiger partial charge on any atom is -0.391 e. The number of nitrogens with zero attached hydrogens (tertiary/aromatic N) is 5. The Morgan fingerprint density at radius 3 is 2.29 bits per heavy atom. The van der Waals surface area contributed by atoms with Gasteiger partial charge in [-0.2, -0.15) is 18.6 Å². The fraction of sp³-hybridized carbons (Fsp3) is 0.349. The topological polar surface area (TPSA) is 176 Å². The van der Waals surface area contributed by atoms with Crippen LogP contribution in [0.2, 0.25) is 0 Å². The van der Waals surface area contributed by atoms with Crippen molar-refractivity contribution in [3.63, 3.8) is 0 Å². The van der Waals surface area contributed by atoms with Gasteiger partial charge in [-0.3, -0.25) is 19.5 Å². The van der Waals surface area contributed by atoms with Gasteiger partial charge in [0.05, 0.1) is 52.0 Å². The number of aliphatic hydroxyl groups is 1. The molecule has 59 heavy (non-hydrogen) atoms. The highest BCUT2D eigenvalue weighted by Crippen LogP contribution is 2.41. The number of carbonyl (C=O) groups excluding carboxylic acids is 4. The van der Waals surface area contributed by atoms with Crippen molar-refractivity contribution in [2.75, 3.05) is 32.5 Å². The first-order chi connectivity index (χ1) is 27.7. The normalized spacial score (nSPS) is 17.8. The maximum absolute atomic E-state index is 13.8. The molecule has 4 heterocycles. The van der Waals surface area contributed by atoms with Crippen LogP contribution in [0.3, 0.4) is 0 Å². The van der Waals surface area contributed by atoms with Crippen LogP contribution in [-0.2, 0) is 16.9 Å². The number of fused-ring (bicyclic) bond motifs is 1. The lowest BCUT2D eigenvalue weighted by atomic mass is 10.0. The van der Waals surface area contributed by atoms with Crippen LogP contribution in [0.25, 0.3) is 10.4 Å². The van der Waals surface area contributed by atoms with Crippen molar-refractivity contribution in [2.24, 2.45) is 0 Å². The number of benzene rings is 3. The summed E-state index contributed by atoms with van der Waals surface area (Å²) in [6.07, 6.45) is -0.741. The number of aromatic nitrogens is 3. The number of aliphatic hydroxyl groups excluding tert-OH is 1. The van der Waals surface area contributed by atoms with Crippen molar-refractivity contribution in [2.45, 2.75) is 70.4 Å². The summed E-state index contributed by atoms with van der Waals surface area (Å²) in [5.41, 5.74) is 6.99. The first-order valence-electron chi connectivity index (χ1n) is 19.3. The van der Waals surface area contributed by atoms with Gasteiger partial charge in [-0.15, -0.1) is 11.3 Å².